The summed E-state index contributed by atoms with van der Waals surface area (Å²) in [5.41, 5.74) is 14.9. The van der Waals surface area contributed by atoms with Crippen molar-refractivity contribution in [3.05, 3.63) is 235 Å². The minimum absolute atomic E-state index is 0.559. The fourth-order valence-corrected chi connectivity index (χ4v) is 10.3. The summed E-state index contributed by atoms with van der Waals surface area (Å²) in [6, 6.07) is 75.9. The van der Waals surface area contributed by atoms with Crippen molar-refractivity contribution in [3.8, 4) is 62.2 Å². The Morgan fingerprint density at radius 1 is 0.393 bits per heavy atom. The molecule has 0 unspecified atom stereocenters. The minimum atomic E-state index is -0.559. The van der Waals surface area contributed by atoms with Crippen molar-refractivity contribution in [2.75, 3.05) is 0 Å². The average Bonchev–Trinajstić information content (AvgIpc) is 3.82. The molecule has 1 aliphatic carbocycles. The first-order chi connectivity index (χ1) is 30.2. The van der Waals surface area contributed by atoms with E-state index in [4.69, 9.17) is 14.7 Å². The molecule has 2 aliphatic rings. The maximum atomic E-state index is 7.05. The van der Waals surface area contributed by atoms with Gasteiger partial charge in [0.05, 0.1) is 27.8 Å². The Hall–Kier alpha value is -8.08. The SMILES string of the molecule is c1ccc(-c2cc(-c3cccc(-n4c5cc6c(cc5c5ccc7ccccc7c54)C4(c5ccccc5O6)c5ccccc5-c5ccccc54)c3)nc(-c3ccccc3)n2)cc1. The number of para-hydroxylation sites is 1. The maximum absolute atomic E-state index is 7.05. The van der Waals surface area contributed by atoms with Crippen molar-refractivity contribution in [1.29, 1.82) is 0 Å². The van der Waals surface area contributed by atoms with E-state index >= 15 is 0 Å². The molecule has 4 nitrogen and oxygen atoms in total. The van der Waals surface area contributed by atoms with Crippen LogP contribution in [0, 0.1) is 0 Å². The topological polar surface area (TPSA) is 39.9 Å². The van der Waals surface area contributed by atoms with Crippen molar-refractivity contribution in [3.63, 3.8) is 0 Å². The van der Waals surface area contributed by atoms with E-state index in [-0.39, 0.29) is 0 Å². The van der Waals surface area contributed by atoms with Gasteiger partial charge in [0.2, 0.25) is 0 Å². The van der Waals surface area contributed by atoms with Gasteiger partial charge in [-0.2, -0.15) is 0 Å². The van der Waals surface area contributed by atoms with E-state index in [1.807, 2.05) is 24.3 Å². The molecule has 61 heavy (non-hydrogen) atoms. The summed E-state index contributed by atoms with van der Waals surface area (Å²) < 4.78 is 9.48. The number of aromatic nitrogens is 3. The third kappa shape index (κ3) is 4.87. The zero-order valence-corrected chi connectivity index (χ0v) is 33.0. The molecule has 0 N–H and O–H groups in total. The molecule has 0 saturated heterocycles. The Balaban J connectivity index is 1.09. The monoisotopic (exact) mass is 777 g/mol. The lowest BCUT2D eigenvalue weighted by molar-refractivity contribution is 0.437. The van der Waals surface area contributed by atoms with Crippen LogP contribution in [0.4, 0.5) is 0 Å². The van der Waals surface area contributed by atoms with Crippen molar-refractivity contribution in [1.82, 2.24) is 14.5 Å². The van der Waals surface area contributed by atoms with Gasteiger partial charge in [-0.15, -0.1) is 0 Å². The lowest BCUT2D eigenvalue weighted by Crippen LogP contribution is -2.32. The van der Waals surface area contributed by atoms with Crippen molar-refractivity contribution in [2.24, 2.45) is 0 Å². The quantitative estimate of drug-likeness (QED) is 0.179. The second-order valence-electron chi connectivity index (χ2n) is 16.1. The molecule has 3 heterocycles. The molecule has 0 atom stereocenters. The average molecular weight is 778 g/mol. The Labute approximate surface area is 352 Å². The first kappa shape index (κ1) is 33.8. The van der Waals surface area contributed by atoms with Gasteiger partial charge in [0.15, 0.2) is 5.82 Å². The van der Waals surface area contributed by atoms with Crippen molar-refractivity contribution >= 4 is 32.6 Å². The van der Waals surface area contributed by atoms with Gasteiger partial charge in [-0.05, 0) is 58.0 Å². The summed E-state index contributed by atoms with van der Waals surface area (Å²) in [5.74, 6) is 2.43. The van der Waals surface area contributed by atoms with Crippen LogP contribution < -0.4 is 4.74 Å². The van der Waals surface area contributed by atoms with Gasteiger partial charge in [-0.3, -0.25) is 0 Å². The van der Waals surface area contributed by atoms with Crippen LogP contribution in [0.2, 0.25) is 0 Å². The van der Waals surface area contributed by atoms with Crippen molar-refractivity contribution < 1.29 is 4.74 Å². The van der Waals surface area contributed by atoms with E-state index < -0.39 is 5.41 Å². The Kier molecular flexibility index (Phi) is 7.19. The summed E-state index contributed by atoms with van der Waals surface area (Å²) in [5, 5.41) is 4.74. The Morgan fingerprint density at radius 2 is 1.02 bits per heavy atom. The highest BCUT2D eigenvalue weighted by Crippen LogP contribution is 2.62. The summed E-state index contributed by atoms with van der Waals surface area (Å²) in [6.45, 7) is 0. The standard InChI is InChI=1S/C57H35N3O/c1-3-17-37(18-4-1)50-34-51(59-56(58-50)38-19-5-2-6-20-38)39-21-15-22-40(32-39)60-52-35-54-49(33-45(52)44-31-30-36-16-7-8-23-41(36)55(44)60)57(48-28-13-14-29-53(48)61-54)46-26-11-9-24-42(46)43-25-10-12-27-47(43)57/h1-35H. The number of hydrogen-bond acceptors (Lipinski definition) is 3. The molecule has 1 spiro atoms. The smallest absolute Gasteiger partial charge is 0.160 e. The fourth-order valence-electron chi connectivity index (χ4n) is 10.3. The summed E-state index contributed by atoms with van der Waals surface area (Å²) in [6.07, 6.45) is 0. The van der Waals surface area contributed by atoms with E-state index in [0.717, 1.165) is 67.4 Å². The second kappa shape index (κ2) is 13.0. The van der Waals surface area contributed by atoms with Crippen LogP contribution in [-0.2, 0) is 5.41 Å². The minimum Gasteiger partial charge on any atom is -0.457 e. The number of rotatable bonds is 4. The van der Waals surface area contributed by atoms with E-state index in [2.05, 4.69) is 193 Å². The molecule has 0 radical (unpaired) electrons. The predicted molar refractivity (Wildman–Crippen MR) is 248 cm³/mol. The molecule has 0 fully saturated rings. The van der Waals surface area contributed by atoms with Gasteiger partial charge in [0.1, 0.15) is 11.5 Å². The van der Waals surface area contributed by atoms with Crippen LogP contribution in [0.1, 0.15) is 22.3 Å². The Bertz CT molecular complexity index is 3470. The molecule has 2 aromatic heterocycles. The summed E-state index contributed by atoms with van der Waals surface area (Å²) >= 11 is 0. The molecule has 0 saturated carbocycles. The van der Waals surface area contributed by atoms with Crippen LogP contribution in [0.3, 0.4) is 0 Å². The molecule has 0 amide bonds. The predicted octanol–water partition coefficient (Wildman–Crippen LogP) is 14.2. The normalized spacial score (nSPS) is 13.2. The molecule has 0 bridgehead atoms. The van der Waals surface area contributed by atoms with Crippen LogP contribution >= 0.6 is 0 Å². The highest BCUT2D eigenvalue weighted by atomic mass is 16.5. The van der Waals surface area contributed by atoms with Crippen LogP contribution in [0.15, 0.2) is 212 Å². The maximum Gasteiger partial charge on any atom is 0.160 e. The molecule has 11 aromatic rings. The third-order valence-electron chi connectivity index (χ3n) is 12.8. The van der Waals surface area contributed by atoms with E-state index in [9.17, 15) is 0 Å². The molecular formula is C57H35N3O. The lowest BCUT2D eigenvalue weighted by Gasteiger charge is -2.39. The zero-order valence-electron chi connectivity index (χ0n) is 33.0. The van der Waals surface area contributed by atoms with E-state index in [1.165, 1.54) is 43.8 Å². The largest absolute Gasteiger partial charge is 0.457 e. The second-order valence-corrected chi connectivity index (χ2v) is 16.1. The Morgan fingerprint density at radius 3 is 1.79 bits per heavy atom. The molecule has 284 valence electrons. The highest BCUT2D eigenvalue weighted by Gasteiger charge is 2.51. The van der Waals surface area contributed by atoms with Gasteiger partial charge in [-0.25, -0.2) is 9.97 Å². The third-order valence-corrected chi connectivity index (χ3v) is 12.8. The first-order valence-corrected chi connectivity index (χ1v) is 20.8. The van der Waals surface area contributed by atoms with Gasteiger partial charge in [-0.1, -0.05) is 176 Å². The van der Waals surface area contributed by atoms with Gasteiger partial charge in [0, 0.05) is 55.7 Å². The number of ether oxygens (including phenoxy) is 1. The number of benzene rings is 9. The molecule has 1 aliphatic heterocycles. The molecule has 13 rings (SSSR count). The zero-order chi connectivity index (χ0) is 40.1. The van der Waals surface area contributed by atoms with Gasteiger partial charge in [0.25, 0.3) is 0 Å². The molecule has 4 heteroatoms. The number of hydrogen-bond donors (Lipinski definition) is 0. The van der Waals surface area contributed by atoms with Gasteiger partial charge >= 0.3 is 0 Å². The summed E-state index contributed by atoms with van der Waals surface area (Å²) in [7, 11) is 0. The van der Waals surface area contributed by atoms with E-state index in [1.54, 1.807) is 0 Å². The highest BCUT2D eigenvalue weighted by molar-refractivity contribution is 6.19. The van der Waals surface area contributed by atoms with Crippen LogP contribution in [-0.4, -0.2) is 14.5 Å². The van der Waals surface area contributed by atoms with Crippen molar-refractivity contribution in [2.45, 2.75) is 5.41 Å². The first-order valence-electron chi connectivity index (χ1n) is 20.8. The van der Waals surface area contributed by atoms with Crippen LogP contribution in [0.5, 0.6) is 11.5 Å². The summed E-state index contributed by atoms with van der Waals surface area (Å²) in [4.78, 5) is 10.3. The fraction of sp³-hybridized carbons (Fsp3) is 0.0175. The van der Waals surface area contributed by atoms with Gasteiger partial charge < -0.3 is 9.30 Å². The molecule has 9 aromatic carbocycles. The lowest BCUT2D eigenvalue weighted by atomic mass is 9.66. The van der Waals surface area contributed by atoms with Crippen LogP contribution in [0.25, 0.3) is 83.3 Å². The number of fused-ring (bicyclic) bond motifs is 14. The molecular weight excluding hydrogens is 743 g/mol. The van der Waals surface area contributed by atoms with E-state index in [0.29, 0.717) is 5.82 Å². The number of nitrogens with zero attached hydrogens (tertiary/aromatic N) is 3.